The highest BCUT2D eigenvalue weighted by molar-refractivity contribution is 6.03. The molecule has 1 fully saturated rings. The van der Waals surface area contributed by atoms with Crippen LogP contribution in [0, 0.1) is 5.92 Å². The van der Waals surface area contributed by atoms with Crippen LogP contribution in [-0.2, 0) is 16.6 Å². The molecule has 0 bridgehead atoms. The number of fused-ring (bicyclic) bond motifs is 2. The van der Waals surface area contributed by atoms with Crippen molar-refractivity contribution in [1.29, 1.82) is 0 Å². The predicted molar refractivity (Wildman–Crippen MR) is 140 cm³/mol. The van der Waals surface area contributed by atoms with Gasteiger partial charge in [0.05, 0.1) is 22.2 Å². The van der Waals surface area contributed by atoms with Crippen LogP contribution >= 0.6 is 0 Å². The molecule has 194 valence electrons. The highest BCUT2D eigenvalue weighted by Crippen LogP contribution is 2.23. The Hall–Kier alpha value is -3.79. The Kier molecular flexibility index (Phi) is 6.92. The van der Waals surface area contributed by atoms with E-state index in [-0.39, 0.29) is 17.2 Å². The lowest BCUT2D eigenvalue weighted by atomic mass is 9.95. The SMILES string of the molecule is CC(C)(C)c1nnc2c(C(=O)NCCc3nc4ccccc4[nH]3)cc(C(=O)NCC3CCOCC3)cn12. The average molecular weight is 504 g/mol. The molecular formula is C27H33N7O3. The fraction of sp³-hybridized carbons (Fsp3) is 0.444. The number of hydrogen-bond acceptors (Lipinski definition) is 6. The van der Waals surface area contributed by atoms with Crippen molar-refractivity contribution in [2.75, 3.05) is 26.3 Å². The lowest BCUT2D eigenvalue weighted by molar-refractivity contribution is 0.0642. The first-order chi connectivity index (χ1) is 17.8. The van der Waals surface area contributed by atoms with Crippen molar-refractivity contribution in [2.45, 2.75) is 45.4 Å². The molecule has 3 aromatic heterocycles. The van der Waals surface area contributed by atoms with Crippen molar-refractivity contribution in [3.8, 4) is 0 Å². The van der Waals surface area contributed by atoms with Gasteiger partial charge in [0.15, 0.2) is 5.65 Å². The van der Waals surface area contributed by atoms with E-state index in [1.54, 1.807) is 16.7 Å². The normalized spacial score (nSPS) is 14.8. The van der Waals surface area contributed by atoms with E-state index < -0.39 is 0 Å². The molecule has 4 heterocycles. The van der Waals surface area contributed by atoms with E-state index in [1.807, 2.05) is 45.0 Å². The molecule has 0 radical (unpaired) electrons. The van der Waals surface area contributed by atoms with Gasteiger partial charge in [-0.25, -0.2) is 4.98 Å². The van der Waals surface area contributed by atoms with Crippen molar-refractivity contribution in [3.05, 3.63) is 59.3 Å². The minimum absolute atomic E-state index is 0.224. The topological polar surface area (TPSA) is 126 Å². The molecule has 5 rings (SSSR count). The van der Waals surface area contributed by atoms with Crippen LogP contribution < -0.4 is 10.6 Å². The number of imidazole rings is 1. The van der Waals surface area contributed by atoms with Crippen LogP contribution in [0.4, 0.5) is 0 Å². The first kappa shape index (κ1) is 24.9. The molecule has 0 unspecified atom stereocenters. The second-order valence-corrected chi connectivity index (χ2v) is 10.6. The zero-order valence-corrected chi connectivity index (χ0v) is 21.5. The number of pyridine rings is 1. The summed E-state index contributed by atoms with van der Waals surface area (Å²) in [6.07, 6.45) is 4.12. The Balaban J connectivity index is 1.36. The van der Waals surface area contributed by atoms with Crippen LogP contribution in [0.5, 0.6) is 0 Å². The molecule has 10 heteroatoms. The van der Waals surface area contributed by atoms with Crippen LogP contribution in [0.15, 0.2) is 36.5 Å². The summed E-state index contributed by atoms with van der Waals surface area (Å²) in [6, 6.07) is 9.41. The number of ether oxygens (including phenoxy) is 1. The number of H-pyrrole nitrogens is 1. The number of rotatable bonds is 7. The quantitative estimate of drug-likeness (QED) is 0.356. The maximum absolute atomic E-state index is 13.3. The van der Waals surface area contributed by atoms with Crippen LogP contribution in [0.1, 0.15) is 66.0 Å². The molecule has 10 nitrogen and oxygen atoms in total. The summed E-state index contributed by atoms with van der Waals surface area (Å²) in [5, 5.41) is 14.7. The molecule has 0 aliphatic carbocycles. The van der Waals surface area contributed by atoms with E-state index in [1.165, 1.54) is 0 Å². The monoisotopic (exact) mass is 503 g/mol. The summed E-state index contributed by atoms with van der Waals surface area (Å²) in [6.45, 7) is 8.47. The van der Waals surface area contributed by atoms with Gasteiger partial charge in [0.25, 0.3) is 11.8 Å². The number of amides is 2. The number of para-hydroxylation sites is 2. The lowest BCUT2D eigenvalue weighted by Gasteiger charge is -2.22. The standard InChI is InChI=1S/C27H33N7O3/c1-27(2,3)26-33-32-23-19(25(36)28-11-8-22-30-20-6-4-5-7-21(20)31-22)14-18(16-34(23)26)24(35)29-15-17-9-12-37-13-10-17/h4-7,14,16-17H,8-13,15H2,1-3H3,(H,28,36)(H,29,35)(H,30,31). The Labute approximate surface area is 215 Å². The molecule has 4 aromatic rings. The zero-order valence-electron chi connectivity index (χ0n) is 21.5. The first-order valence-corrected chi connectivity index (χ1v) is 12.8. The molecule has 37 heavy (non-hydrogen) atoms. The summed E-state index contributed by atoms with van der Waals surface area (Å²) >= 11 is 0. The van der Waals surface area contributed by atoms with E-state index in [0.29, 0.717) is 48.0 Å². The third kappa shape index (κ3) is 5.48. The maximum atomic E-state index is 13.3. The predicted octanol–water partition coefficient (Wildman–Crippen LogP) is 3.03. The van der Waals surface area contributed by atoms with E-state index in [0.717, 1.165) is 42.9 Å². The number of aromatic nitrogens is 5. The van der Waals surface area contributed by atoms with Gasteiger partial charge in [-0.3, -0.25) is 14.0 Å². The molecule has 0 spiro atoms. The number of hydrogen-bond donors (Lipinski definition) is 3. The van der Waals surface area contributed by atoms with Crippen LogP contribution in [0.2, 0.25) is 0 Å². The second kappa shape index (κ2) is 10.3. The van der Waals surface area contributed by atoms with Gasteiger partial charge in [-0.2, -0.15) is 0 Å². The lowest BCUT2D eigenvalue weighted by Crippen LogP contribution is -2.33. The second-order valence-electron chi connectivity index (χ2n) is 10.6. The molecule has 0 saturated carbocycles. The van der Waals surface area contributed by atoms with Gasteiger partial charge in [0.2, 0.25) is 0 Å². The third-order valence-corrected chi connectivity index (χ3v) is 6.66. The Morgan fingerprint density at radius 1 is 1.11 bits per heavy atom. The first-order valence-electron chi connectivity index (χ1n) is 12.8. The Bertz CT molecular complexity index is 1390. The number of nitrogens with zero attached hydrogens (tertiary/aromatic N) is 4. The van der Waals surface area contributed by atoms with Crippen LogP contribution in [0.25, 0.3) is 16.7 Å². The van der Waals surface area contributed by atoms with Crippen molar-refractivity contribution in [2.24, 2.45) is 5.92 Å². The van der Waals surface area contributed by atoms with Crippen LogP contribution in [-0.4, -0.2) is 62.7 Å². The van der Waals surface area contributed by atoms with Gasteiger partial charge >= 0.3 is 0 Å². The summed E-state index contributed by atoms with van der Waals surface area (Å²) in [7, 11) is 0. The smallest absolute Gasteiger partial charge is 0.255 e. The molecule has 0 atom stereocenters. The van der Waals surface area contributed by atoms with Gasteiger partial charge in [-0.15, -0.1) is 10.2 Å². The van der Waals surface area contributed by atoms with Gasteiger partial charge in [-0.1, -0.05) is 32.9 Å². The zero-order chi connectivity index (χ0) is 26.0. The molecule has 1 aliphatic rings. The minimum Gasteiger partial charge on any atom is -0.381 e. The Morgan fingerprint density at radius 2 is 1.89 bits per heavy atom. The molecule has 2 amide bonds. The number of carbonyl (C=O) groups excluding carboxylic acids is 2. The number of nitrogens with one attached hydrogen (secondary N) is 3. The molecule has 1 saturated heterocycles. The number of benzene rings is 1. The van der Waals surface area contributed by atoms with E-state index in [2.05, 4.69) is 30.8 Å². The molecular weight excluding hydrogens is 470 g/mol. The minimum atomic E-state index is -0.328. The fourth-order valence-electron chi connectivity index (χ4n) is 4.60. The third-order valence-electron chi connectivity index (χ3n) is 6.66. The summed E-state index contributed by atoms with van der Waals surface area (Å²) in [5.74, 6) is 1.33. The van der Waals surface area contributed by atoms with Crippen molar-refractivity contribution in [1.82, 2.24) is 35.2 Å². The average Bonchev–Trinajstić information content (AvgIpc) is 3.51. The van der Waals surface area contributed by atoms with Gasteiger partial charge in [0, 0.05) is 44.3 Å². The van der Waals surface area contributed by atoms with Crippen molar-refractivity contribution < 1.29 is 14.3 Å². The molecule has 1 aliphatic heterocycles. The Morgan fingerprint density at radius 3 is 2.65 bits per heavy atom. The highest BCUT2D eigenvalue weighted by Gasteiger charge is 2.25. The summed E-state index contributed by atoms with van der Waals surface area (Å²) < 4.78 is 7.17. The molecule has 3 N–H and O–H groups in total. The van der Waals surface area contributed by atoms with Crippen molar-refractivity contribution >= 4 is 28.5 Å². The van der Waals surface area contributed by atoms with E-state index in [9.17, 15) is 9.59 Å². The largest absolute Gasteiger partial charge is 0.381 e. The van der Waals surface area contributed by atoms with Gasteiger partial charge in [-0.05, 0) is 37.0 Å². The summed E-state index contributed by atoms with van der Waals surface area (Å²) in [4.78, 5) is 34.3. The fourth-order valence-corrected chi connectivity index (χ4v) is 4.60. The van der Waals surface area contributed by atoms with Crippen LogP contribution in [0.3, 0.4) is 0 Å². The van der Waals surface area contributed by atoms with E-state index >= 15 is 0 Å². The summed E-state index contributed by atoms with van der Waals surface area (Å²) in [5.41, 5.74) is 2.66. The maximum Gasteiger partial charge on any atom is 0.255 e. The van der Waals surface area contributed by atoms with E-state index in [4.69, 9.17) is 4.74 Å². The molecule has 1 aromatic carbocycles. The van der Waals surface area contributed by atoms with Crippen molar-refractivity contribution in [3.63, 3.8) is 0 Å². The highest BCUT2D eigenvalue weighted by atomic mass is 16.5. The van der Waals surface area contributed by atoms with Gasteiger partial charge in [0.1, 0.15) is 11.6 Å². The number of carbonyl (C=O) groups is 2. The van der Waals surface area contributed by atoms with Gasteiger partial charge < -0.3 is 20.4 Å². The number of aromatic amines is 1.